The Kier molecular flexibility index (Phi) is 1.38. The maximum Gasteiger partial charge on any atom is -0.0194 e. The van der Waals surface area contributed by atoms with E-state index in [1.54, 1.807) is 0 Å². The lowest BCUT2D eigenvalue weighted by Crippen LogP contribution is -2.45. The monoisotopic (exact) mass is 176 g/mol. The van der Waals surface area contributed by atoms with Crippen molar-refractivity contribution in [1.82, 2.24) is 0 Å². The standard InChI is InChI=1S/C13H20/c1-13(2,3)11-7-10-8-4-5-9(6-8)12(10)11/h4-5,8-12H,6-7H2,1-3H3. The molecule has 5 atom stereocenters. The maximum atomic E-state index is 2.50. The van der Waals surface area contributed by atoms with Crippen molar-refractivity contribution in [2.24, 2.45) is 35.0 Å². The highest BCUT2D eigenvalue weighted by Gasteiger charge is 2.57. The van der Waals surface area contributed by atoms with Crippen LogP contribution in [0.1, 0.15) is 33.6 Å². The van der Waals surface area contributed by atoms with Gasteiger partial charge in [0.2, 0.25) is 0 Å². The zero-order valence-electron chi connectivity index (χ0n) is 8.96. The fraction of sp³-hybridized carbons (Fsp3) is 0.846. The summed E-state index contributed by atoms with van der Waals surface area (Å²) >= 11 is 0. The molecule has 0 saturated heterocycles. The van der Waals surface area contributed by atoms with Crippen LogP contribution in [0, 0.1) is 35.0 Å². The van der Waals surface area contributed by atoms with Crippen molar-refractivity contribution in [3.8, 4) is 0 Å². The van der Waals surface area contributed by atoms with Gasteiger partial charge in [0.05, 0.1) is 0 Å². The molecule has 0 amide bonds. The van der Waals surface area contributed by atoms with Crippen molar-refractivity contribution in [3.63, 3.8) is 0 Å². The SMILES string of the molecule is CC(C)(C)C1CC2C3C=CC(C3)C21. The molecule has 0 heteroatoms. The topological polar surface area (TPSA) is 0 Å². The predicted octanol–water partition coefficient (Wildman–Crippen LogP) is 3.49. The van der Waals surface area contributed by atoms with Gasteiger partial charge >= 0.3 is 0 Å². The molecule has 3 aliphatic rings. The predicted molar refractivity (Wildman–Crippen MR) is 55.3 cm³/mol. The molecule has 3 rings (SSSR count). The summed E-state index contributed by atoms with van der Waals surface area (Å²) in [7, 11) is 0. The second kappa shape index (κ2) is 2.21. The van der Waals surface area contributed by atoms with Crippen LogP contribution in [-0.2, 0) is 0 Å². The van der Waals surface area contributed by atoms with E-state index < -0.39 is 0 Å². The van der Waals surface area contributed by atoms with Crippen LogP contribution < -0.4 is 0 Å². The molecule has 2 fully saturated rings. The zero-order valence-corrected chi connectivity index (χ0v) is 8.96. The summed E-state index contributed by atoms with van der Waals surface area (Å²) in [5.74, 6) is 5.10. The van der Waals surface area contributed by atoms with Gasteiger partial charge < -0.3 is 0 Å². The summed E-state index contributed by atoms with van der Waals surface area (Å²) in [4.78, 5) is 0. The van der Waals surface area contributed by atoms with Crippen molar-refractivity contribution in [3.05, 3.63) is 12.2 Å². The van der Waals surface area contributed by atoms with E-state index in [2.05, 4.69) is 32.9 Å². The van der Waals surface area contributed by atoms with Gasteiger partial charge in [-0.3, -0.25) is 0 Å². The average Bonchev–Trinajstić information content (AvgIpc) is 2.37. The van der Waals surface area contributed by atoms with E-state index in [0.717, 1.165) is 29.6 Å². The lowest BCUT2D eigenvalue weighted by atomic mass is 9.53. The third-order valence-corrected chi connectivity index (χ3v) is 4.79. The summed E-state index contributed by atoms with van der Waals surface area (Å²) < 4.78 is 0. The van der Waals surface area contributed by atoms with E-state index in [9.17, 15) is 0 Å². The van der Waals surface area contributed by atoms with Crippen LogP contribution in [0.4, 0.5) is 0 Å². The Bertz CT molecular complexity index is 256. The highest BCUT2D eigenvalue weighted by atomic mass is 14.6. The first-order valence-electron chi connectivity index (χ1n) is 5.76. The maximum absolute atomic E-state index is 2.50. The van der Waals surface area contributed by atoms with Gasteiger partial charge in [-0.1, -0.05) is 32.9 Å². The lowest BCUT2D eigenvalue weighted by Gasteiger charge is -2.52. The molecule has 2 bridgehead atoms. The molecule has 13 heavy (non-hydrogen) atoms. The molecule has 0 heterocycles. The van der Waals surface area contributed by atoms with Gasteiger partial charge in [0, 0.05) is 0 Å². The second-order valence-corrected chi connectivity index (χ2v) is 6.40. The molecule has 3 aliphatic carbocycles. The van der Waals surface area contributed by atoms with Gasteiger partial charge in [-0.25, -0.2) is 0 Å². The van der Waals surface area contributed by atoms with Crippen molar-refractivity contribution < 1.29 is 0 Å². The van der Waals surface area contributed by atoms with Crippen LogP contribution in [0.2, 0.25) is 0 Å². The van der Waals surface area contributed by atoms with Crippen LogP contribution in [0.3, 0.4) is 0 Å². The van der Waals surface area contributed by atoms with Crippen LogP contribution in [0.15, 0.2) is 12.2 Å². The number of fused-ring (bicyclic) bond motifs is 5. The van der Waals surface area contributed by atoms with E-state index in [0.29, 0.717) is 5.41 Å². The Labute approximate surface area is 81.4 Å². The van der Waals surface area contributed by atoms with Crippen molar-refractivity contribution in [1.29, 1.82) is 0 Å². The number of allylic oxidation sites excluding steroid dienone is 2. The molecule has 0 N–H and O–H groups in total. The molecule has 0 aromatic rings. The molecule has 0 radical (unpaired) electrons. The van der Waals surface area contributed by atoms with Crippen LogP contribution in [-0.4, -0.2) is 0 Å². The quantitative estimate of drug-likeness (QED) is 0.496. The number of rotatable bonds is 0. The molecule has 0 nitrogen and oxygen atoms in total. The third kappa shape index (κ3) is 0.923. The normalized spacial score (nSPS) is 52.1. The van der Waals surface area contributed by atoms with Crippen LogP contribution in [0.5, 0.6) is 0 Å². The first-order chi connectivity index (χ1) is 6.07. The van der Waals surface area contributed by atoms with Crippen LogP contribution >= 0.6 is 0 Å². The molecular weight excluding hydrogens is 156 g/mol. The largest absolute Gasteiger partial charge is 0.0848 e. The molecular formula is C13H20. The van der Waals surface area contributed by atoms with Gasteiger partial charge in [-0.05, 0) is 47.8 Å². The molecule has 0 aromatic heterocycles. The van der Waals surface area contributed by atoms with Gasteiger partial charge in [0.25, 0.3) is 0 Å². The Morgan fingerprint density at radius 2 is 1.69 bits per heavy atom. The Morgan fingerprint density at radius 1 is 1.00 bits per heavy atom. The Hall–Kier alpha value is -0.260. The van der Waals surface area contributed by atoms with Crippen molar-refractivity contribution in [2.75, 3.05) is 0 Å². The Morgan fingerprint density at radius 3 is 2.31 bits per heavy atom. The summed E-state index contributed by atoms with van der Waals surface area (Å²) in [6.45, 7) is 7.26. The average molecular weight is 176 g/mol. The highest BCUT2D eigenvalue weighted by Crippen LogP contribution is 2.64. The van der Waals surface area contributed by atoms with Gasteiger partial charge in [-0.15, -0.1) is 0 Å². The first-order valence-corrected chi connectivity index (χ1v) is 5.76. The fourth-order valence-electron chi connectivity index (χ4n) is 4.08. The minimum Gasteiger partial charge on any atom is -0.0848 e. The van der Waals surface area contributed by atoms with Crippen LogP contribution in [0.25, 0.3) is 0 Å². The van der Waals surface area contributed by atoms with Gasteiger partial charge in [0.15, 0.2) is 0 Å². The van der Waals surface area contributed by atoms with Crippen molar-refractivity contribution >= 4 is 0 Å². The summed E-state index contributed by atoms with van der Waals surface area (Å²) in [5, 5.41) is 0. The van der Waals surface area contributed by atoms with Crippen molar-refractivity contribution in [2.45, 2.75) is 33.6 Å². The zero-order chi connectivity index (χ0) is 9.22. The van der Waals surface area contributed by atoms with E-state index in [1.807, 2.05) is 0 Å². The molecule has 2 saturated carbocycles. The Balaban J connectivity index is 1.83. The van der Waals surface area contributed by atoms with E-state index in [-0.39, 0.29) is 0 Å². The van der Waals surface area contributed by atoms with Gasteiger partial charge in [0.1, 0.15) is 0 Å². The van der Waals surface area contributed by atoms with Gasteiger partial charge in [-0.2, -0.15) is 0 Å². The molecule has 72 valence electrons. The first kappa shape index (κ1) is 8.08. The number of hydrogen-bond donors (Lipinski definition) is 0. The molecule has 5 unspecified atom stereocenters. The van der Waals surface area contributed by atoms with E-state index >= 15 is 0 Å². The minimum atomic E-state index is 0.555. The molecule has 0 aliphatic heterocycles. The summed E-state index contributed by atoms with van der Waals surface area (Å²) in [5.41, 5.74) is 0.555. The summed E-state index contributed by atoms with van der Waals surface area (Å²) in [6.07, 6.45) is 8.00. The summed E-state index contributed by atoms with van der Waals surface area (Å²) in [6, 6.07) is 0. The molecule has 0 aromatic carbocycles. The minimum absolute atomic E-state index is 0.555. The number of hydrogen-bond acceptors (Lipinski definition) is 0. The van der Waals surface area contributed by atoms with E-state index in [4.69, 9.17) is 0 Å². The second-order valence-electron chi connectivity index (χ2n) is 6.40. The highest BCUT2D eigenvalue weighted by molar-refractivity contribution is 5.19. The van der Waals surface area contributed by atoms with E-state index in [1.165, 1.54) is 12.8 Å². The smallest absolute Gasteiger partial charge is 0.0194 e. The lowest BCUT2D eigenvalue weighted by molar-refractivity contribution is -0.0183. The third-order valence-electron chi connectivity index (χ3n) is 4.79. The molecule has 0 spiro atoms. The fourth-order valence-corrected chi connectivity index (χ4v) is 4.08.